The van der Waals surface area contributed by atoms with Crippen molar-refractivity contribution in [2.75, 3.05) is 46.0 Å². The van der Waals surface area contributed by atoms with Gasteiger partial charge >= 0.3 is 0 Å². The number of thioether (sulfide) groups is 1. The van der Waals surface area contributed by atoms with Gasteiger partial charge in [0, 0.05) is 24.5 Å². The second-order valence-electron chi connectivity index (χ2n) is 7.79. The zero-order valence-corrected chi connectivity index (χ0v) is 18.4. The first-order valence-electron chi connectivity index (χ1n) is 10.1. The predicted molar refractivity (Wildman–Crippen MR) is 113 cm³/mol. The molecule has 2 fully saturated rings. The monoisotopic (exact) mass is 425 g/mol. The first-order chi connectivity index (χ1) is 13.4. The number of carbonyl (C=O) groups is 1. The Morgan fingerprint density at radius 3 is 2.50 bits per heavy atom. The van der Waals surface area contributed by atoms with Crippen molar-refractivity contribution in [3.63, 3.8) is 0 Å². The highest BCUT2D eigenvalue weighted by Crippen LogP contribution is 2.26. The van der Waals surface area contributed by atoms with E-state index in [9.17, 15) is 13.2 Å². The predicted octanol–water partition coefficient (Wildman–Crippen LogP) is 2.65. The van der Waals surface area contributed by atoms with Gasteiger partial charge in [0.1, 0.15) is 0 Å². The van der Waals surface area contributed by atoms with E-state index in [1.165, 1.54) is 11.8 Å². The van der Waals surface area contributed by atoms with Crippen LogP contribution in [0.15, 0.2) is 28.0 Å². The van der Waals surface area contributed by atoms with E-state index in [0.29, 0.717) is 18.0 Å². The number of piperidine rings is 1. The van der Waals surface area contributed by atoms with E-state index in [1.807, 2.05) is 11.2 Å². The van der Waals surface area contributed by atoms with Crippen LogP contribution < -0.4 is 4.72 Å². The molecule has 1 amide bonds. The molecule has 0 aliphatic carbocycles. The van der Waals surface area contributed by atoms with Crippen LogP contribution in [0.3, 0.4) is 0 Å². The molecule has 2 heterocycles. The number of nitrogens with zero attached hydrogens (tertiary/aromatic N) is 2. The Morgan fingerprint density at radius 2 is 1.86 bits per heavy atom. The van der Waals surface area contributed by atoms with Gasteiger partial charge in [-0.25, -0.2) is 13.1 Å². The summed E-state index contributed by atoms with van der Waals surface area (Å²) in [4.78, 5) is 18.0. The van der Waals surface area contributed by atoms with Crippen molar-refractivity contribution in [1.82, 2.24) is 14.5 Å². The molecule has 0 bridgehead atoms. The fourth-order valence-electron chi connectivity index (χ4n) is 3.94. The lowest BCUT2D eigenvalue weighted by Crippen LogP contribution is -2.33. The average molecular weight is 426 g/mol. The fourth-order valence-corrected chi connectivity index (χ4v) is 5.59. The Balaban J connectivity index is 1.67. The first-order valence-corrected chi connectivity index (χ1v) is 12.8. The zero-order valence-electron chi connectivity index (χ0n) is 16.8. The van der Waals surface area contributed by atoms with Crippen LogP contribution in [0.2, 0.25) is 0 Å². The van der Waals surface area contributed by atoms with Crippen LogP contribution in [0.25, 0.3) is 0 Å². The van der Waals surface area contributed by atoms with E-state index in [2.05, 4.69) is 16.7 Å². The highest BCUT2D eigenvalue weighted by Gasteiger charge is 2.25. The van der Waals surface area contributed by atoms with Gasteiger partial charge in [0.05, 0.1) is 10.5 Å². The van der Waals surface area contributed by atoms with Crippen LogP contribution in [0.4, 0.5) is 0 Å². The first kappa shape index (κ1) is 21.6. The summed E-state index contributed by atoms with van der Waals surface area (Å²) in [6, 6.07) is 4.90. The molecule has 1 N–H and O–H groups in total. The molecule has 1 aromatic carbocycles. The Kier molecular flexibility index (Phi) is 7.42. The molecule has 2 saturated heterocycles. The quantitative estimate of drug-likeness (QED) is 0.680. The highest BCUT2D eigenvalue weighted by atomic mass is 32.2. The van der Waals surface area contributed by atoms with Crippen molar-refractivity contribution >= 4 is 27.7 Å². The van der Waals surface area contributed by atoms with E-state index < -0.39 is 10.0 Å². The van der Waals surface area contributed by atoms with Crippen LogP contribution in [0.1, 0.15) is 42.5 Å². The van der Waals surface area contributed by atoms with Crippen molar-refractivity contribution in [2.24, 2.45) is 5.92 Å². The van der Waals surface area contributed by atoms with E-state index >= 15 is 0 Å². The lowest BCUT2D eigenvalue weighted by Gasteiger charge is -2.28. The topological polar surface area (TPSA) is 69.7 Å². The number of nitrogens with one attached hydrogen (secondary N) is 1. The third kappa shape index (κ3) is 5.28. The number of hydrogen-bond donors (Lipinski definition) is 1. The Morgan fingerprint density at radius 1 is 1.18 bits per heavy atom. The number of amides is 1. The molecule has 0 radical (unpaired) electrons. The number of hydrogen-bond acceptors (Lipinski definition) is 5. The zero-order chi connectivity index (χ0) is 20.1. The third-order valence-corrected chi connectivity index (χ3v) is 8.04. The number of likely N-dealkylation sites (tertiary alicyclic amines) is 2. The van der Waals surface area contributed by atoms with Crippen LogP contribution in [0, 0.1) is 5.92 Å². The van der Waals surface area contributed by atoms with Gasteiger partial charge in [-0.1, -0.05) is 0 Å². The second kappa shape index (κ2) is 9.61. The summed E-state index contributed by atoms with van der Waals surface area (Å²) < 4.78 is 28.3. The SMILES string of the molecule is CSc1ccc(S(=O)(=O)NCCC2CCN(C)CC2)cc1C(=O)N1CCCC1. The lowest BCUT2D eigenvalue weighted by molar-refractivity contribution is 0.0789. The molecule has 1 aromatic rings. The molecule has 2 aliphatic rings. The van der Waals surface area contributed by atoms with Gasteiger partial charge in [0.2, 0.25) is 10.0 Å². The third-order valence-electron chi connectivity index (χ3n) is 5.79. The normalized spacial score (nSPS) is 19.3. The molecule has 156 valence electrons. The summed E-state index contributed by atoms with van der Waals surface area (Å²) in [5.74, 6) is 0.510. The fraction of sp³-hybridized carbons (Fsp3) is 0.650. The van der Waals surface area contributed by atoms with Crippen molar-refractivity contribution in [3.8, 4) is 0 Å². The van der Waals surface area contributed by atoms with E-state index in [0.717, 1.165) is 63.2 Å². The van der Waals surface area contributed by atoms with Gasteiger partial charge in [-0.15, -0.1) is 11.8 Å². The van der Waals surface area contributed by atoms with Gasteiger partial charge < -0.3 is 9.80 Å². The molecular formula is C20H31N3O3S2. The van der Waals surface area contributed by atoms with Gasteiger partial charge in [-0.2, -0.15) is 0 Å². The summed E-state index contributed by atoms with van der Waals surface area (Å²) in [6.07, 6.45) is 7.03. The molecule has 0 aromatic heterocycles. The van der Waals surface area contributed by atoms with Gasteiger partial charge in [-0.3, -0.25) is 4.79 Å². The molecule has 0 atom stereocenters. The summed E-state index contributed by atoms with van der Waals surface area (Å²) in [5.41, 5.74) is 0.493. The lowest BCUT2D eigenvalue weighted by atomic mass is 9.94. The average Bonchev–Trinajstić information content (AvgIpc) is 3.23. The summed E-state index contributed by atoms with van der Waals surface area (Å²) in [5, 5.41) is 0. The molecule has 8 heteroatoms. The van der Waals surface area contributed by atoms with Gasteiger partial charge in [0.25, 0.3) is 5.91 Å². The maximum absolute atomic E-state index is 12.8. The number of benzene rings is 1. The van der Waals surface area contributed by atoms with E-state index in [4.69, 9.17) is 0 Å². The maximum atomic E-state index is 12.8. The van der Waals surface area contributed by atoms with Crippen LogP contribution in [-0.4, -0.2) is 70.2 Å². The van der Waals surface area contributed by atoms with Gasteiger partial charge in [0.15, 0.2) is 0 Å². The molecule has 28 heavy (non-hydrogen) atoms. The van der Waals surface area contributed by atoms with Crippen molar-refractivity contribution in [3.05, 3.63) is 23.8 Å². The number of sulfonamides is 1. The van der Waals surface area contributed by atoms with Crippen LogP contribution >= 0.6 is 11.8 Å². The summed E-state index contributed by atoms with van der Waals surface area (Å²) in [7, 11) is -1.49. The smallest absolute Gasteiger partial charge is 0.255 e. The maximum Gasteiger partial charge on any atom is 0.255 e. The second-order valence-corrected chi connectivity index (χ2v) is 10.4. The molecule has 0 saturated carbocycles. The van der Waals surface area contributed by atoms with Crippen molar-refractivity contribution < 1.29 is 13.2 Å². The Labute approximate surface area is 173 Å². The minimum Gasteiger partial charge on any atom is -0.339 e. The molecule has 2 aliphatic heterocycles. The molecular weight excluding hydrogens is 394 g/mol. The standard InChI is InChI=1S/C20H31N3O3S2/c1-22-13-8-16(9-14-22)7-10-21-28(25,26)17-5-6-19(27-2)18(15-17)20(24)23-11-3-4-12-23/h5-6,15-16,21H,3-4,7-14H2,1-2H3. The highest BCUT2D eigenvalue weighted by molar-refractivity contribution is 7.98. The van der Waals surface area contributed by atoms with Crippen molar-refractivity contribution in [2.45, 2.75) is 41.9 Å². The largest absolute Gasteiger partial charge is 0.339 e. The van der Waals surface area contributed by atoms with E-state index in [1.54, 1.807) is 18.2 Å². The minimum absolute atomic E-state index is 0.0646. The Hall–Kier alpha value is -1.09. The minimum atomic E-state index is -3.62. The van der Waals surface area contributed by atoms with Crippen LogP contribution in [-0.2, 0) is 10.0 Å². The number of rotatable bonds is 7. The van der Waals surface area contributed by atoms with E-state index in [-0.39, 0.29) is 10.8 Å². The molecule has 3 rings (SSSR count). The molecule has 0 spiro atoms. The van der Waals surface area contributed by atoms with Gasteiger partial charge in [-0.05, 0) is 82.6 Å². The summed E-state index contributed by atoms with van der Waals surface area (Å²) in [6.45, 7) is 4.10. The molecule has 0 unspecified atom stereocenters. The summed E-state index contributed by atoms with van der Waals surface area (Å²) >= 11 is 1.47. The Bertz CT molecular complexity index is 784. The van der Waals surface area contributed by atoms with Crippen LogP contribution in [0.5, 0.6) is 0 Å². The number of carbonyl (C=O) groups excluding carboxylic acids is 1. The van der Waals surface area contributed by atoms with Crippen molar-refractivity contribution in [1.29, 1.82) is 0 Å². The molecule has 6 nitrogen and oxygen atoms in total.